The second kappa shape index (κ2) is 6.93. The van der Waals surface area contributed by atoms with Crippen LogP contribution in [0.25, 0.3) is 0 Å². The van der Waals surface area contributed by atoms with Crippen LogP contribution < -0.4 is 5.32 Å². The molecule has 0 bridgehead atoms. The Balaban J connectivity index is 2.59. The molecule has 1 aliphatic carbocycles. The molecule has 1 amide bonds. The van der Waals surface area contributed by atoms with Crippen molar-refractivity contribution in [3.63, 3.8) is 0 Å². The Hall–Kier alpha value is -0.0500. The SMILES string of the molecule is CCC(CC)(CBr)CNC(=O)C1(CC)CCCC1. The number of halogens is 1. The summed E-state index contributed by atoms with van der Waals surface area (Å²) in [5.74, 6) is 0.301. The van der Waals surface area contributed by atoms with E-state index in [0.717, 1.165) is 44.0 Å². The van der Waals surface area contributed by atoms with E-state index in [9.17, 15) is 4.79 Å². The van der Waals surface area contributed by atoms with Crippen LogP contribution in [0.5, 0.6) is 0 Å². The van der Waals surface area contributed by atoms with Crippen molar-refractivity contribution in [2.75, 3.05) is 11.9 Å². The Morgan fingerprint density at radius 2 is 1.78 bits per heavy atom. The number of hydrogen-bond acceptors (Lipinski definition) is 1. The van der Waals surface area contributed by atoms with Gasteiger partial charge in [0.1, 0.15) is 0 Å². The van der Waals surface area contributed by atoms with Crippen molar-refractivity contribution in [2.24, 2.45) is 10.8 Å². The smallest absolute Gasteiger partial charge is 0.226 e. The number of alkyl halides is 1. The van der Waals surface area contributed by atoms with Crippen LogP contribution in [0.4, 0.5) is 0 Å². The van der Waals surface area contributed by atoms with Gasteiger partial charge in [-0.3, -0.25) is 4.79 Å². The fourth-order valence-electron chi connectivity index (χ4n) is 2.98. The summed E-state index contributed by atoms with van der Waals surface area (Å²) in [5, 5.41) is 4.21. The molecule has 1 N–H and O–H groups in total. The molecule has 0 saturated heterocycles. The largest absolute Gasteiger partial charge is 0.355 e. The molecule has 0 aromatic rings. The van der Waals surface area contributed by atoms with Gasteiger partial charge in [-0.15, -0.1) is 0 Å². The first kappa shape index (κ1) is 16.0. The fourth-order valence-corrected chi connectivity index (χ4v) is 3.98. The molecule has 0 atom stereocenters. The van der Waals surface area contributed by atoms with Crippen molar-refractivity contribution in [3.05, 3.63) is 0 Å². The predicted octanol–water partition coefficient (Wildman–Crippen LogP) is 4.27. The highest BCUT2D eigenvalue weighted by Crippen LogP contribution is 2.41. The van der Waals surface area contributed by atoms with Crippen molar-refractivity contribution >= 4 is 21.8 Å². The Morgan fingerprint density at radius 3 is 2.17 bits per heavy atom. The van der Waals surface area contributed by atoms with Gasteiger partial charge in [0.25, 0.3) is 0 Å². The van der Waals surface area contributed by atoms with Crippen molar-refractivity contribution in [1.29, 1.82) is 0 Å². The fraction of sp³-hybridized carbons (Fsp3) is 0.933. The van der Waals surface area contributed by atoms with E-state index in [0.29, 0.717) is 5.91 Å². The Morgan fingerprint density at radius 1 is 1.22 bits per heavy atom. The molecular weight excluding hydrogens is 290 g/mol. The molecule has 0 aromatic heterocycles. The molecule has 1 saturated carbocycles. The molecule has 2 nitrogen and oxygen atoms in total. The van der Waals surface area contributed by atoms with Crippen molar-refractivity contribution in [3.8, 4) is 0 Å². The minimum absolute atomic E-state index is 0.0560. The molecule has 0 aliphatic heterocycles. The van der Waals surface area contributed by atoms with Gasteiger partial charge in [0, 0.05) is 17.3 Å². The van der Waals surface area contributed by atoms with Crippen molar-refractivity contribution in [1.82, 2.24) is 5.32 Å². The van der Waals surface area contributed by atoms with Crippen LogP contribution in [0.3, 0.4) is 0 Å². The van der Waals surface area contributed by atoms with Crippen molar-refractivity contribution in [2.45, 2.75) is 65.7 Å². The van der Waals surface area contributed by atoms with Gasteiger partial charge in [-0.25, -0.2) is 0 Å². The Bertz CT molecular complexity index is 259. The van der Waals surface area contributed by atoms with E-state index < -0.39 is 0 Å². The standard InChI is InChI=1S/C15H28BrNO/c1-4-14(5-2,11-16)12-17-13(18)15(6-3)9-7-8-10-15/h4-12H2,1-3H3,(H,17,18). The van der Waals surface area contributed by atoms with E-state index in [1.54, 1.807) is 0 Å². The normalized spacial score (nSPS) is 18.9. The minimum atomic E-state index is -0.0560. The molecule has 1 aliphatic rings. The quantitative estimate of drug-likeness (QED) is 0.698. The summed E-state index contributed by atoms with van der Waals surface area (Å²) >= 11 is 3.61. The molecule has 3 heteroatoms. The highest BCUT2D eigenvalue weighted by Gasteiger charge is 2.40. The van der Waals surface area contributed by atoms with E-state index in [-0.39, 0.29) is 10.8 Å². The lowest BCUT2D eigenvalue weighted by Gasteiger charge is -2.33. The number of carbonyl (C=O) groups is 1. The van der Waals surface area contributed by atoms with Gasteiger partial charge in [0.2, 0.25) is 5.91 Å². The molecule has 18 heavy (non-hydrogen) atoms. The number of hydrogen-bond donors (Lipinski definition) is 1. The second-order valence-corrected chi connectivity index (χ2v) is 6.43. The number of amides is 1. The Labute approximate surface area is 120 Å². The molecule has 0 radical (unpaired) electrons. The minimum Gasteiger partial charge on any atom is -0.355 e. The summed E-state index contributed by atoms with van der Waals surface area (Å²) in [6.07, 6.45) is 7.78. The van der Waals surface area contributed by atoms with Gasteiger partial charge in [-0.05, 0) is 37.5 Å². The lowest BCUT2D eigenvalue weighted by atomic mass is 9.81. The topological polar surface area (TPSA) is 29.1 Å². The summed E-state index contributed by atoms with van der Waals surface area (Å²) in [5.41, 5.74) is 0.169. The molecular formula is C15H28BrNO. The van der Waals surface area contributed by atoms with Crippen LogP contribution in [-0.2, 0) is 4.79 Å². The molecule has 106 valence electrons. The van der Waals surface area contributed by atoms with Crippen LogP contribution in [0.15, 0.2) is 0 Å². The van der Waals surface area contributed by atoms with Gasteiger partial charge in [-0.1, -0.05) is 49.5 Å². The summed E-state index contributed by atoms with van der Waals surface area (Å²) in [4.78, 5) is 12.5. The average molecular weight is 318 g/mol. The zero-order chi connectivity index (χ0) is 13.6. The highest BCUT2D eigenvalue weighted by molar-refractivity contribution is 9.09. The number of nitrogens with one attached hydrogen (secondary N) is 1. The van der Waals surface area contributed by atoms with Crippen LogP contribution in [0.1, 0.15) is 65.7 Å². The van der Waals surface area contributed by atoms with E-state index in [2.05, 4.69) is 42.0 Å². The van der Waals surface area contributed by atoms with E-state index in [1.165, 1.54) is 12.8 Å². The van der Waals surface area contributed by atoms with E-state index >= 15 is 0 Å². The first-order chi connectivity index (χ1) is 8.58. The highest BCUT2D eigenvalue weighted by atomic mass is 79.9. The molecule has 0 spiro atoms. The maximum Gasteiger partial charge on any atom is 0.226 e. The number of carbonyl (C=O) groups excluding carboxylic acids is 1. The predicted molar refractivity (Wildman–Crippen MR) is 81.0 cm³/mol. The van der Waals surface area contributed by atoms with Crippen molar-refractivity contribution < 1.29 is 4.79 Å². The maximum absolute atomic E-state index is 12.5. The van der Waals surface area contributed by atoms with Gasteiger partial charge < -0.3 is 5.32 Å². The van der Waals surface area contributed by atoms with Crippen LogP contribution in [0.2, 0.25) is 0 Å². The third kappa shape index (κ3) is 3.28. The maximum atomic E-state index is 12.5. The molecule has 0 aromatic carbocycles. The third-order valence-corrected chi connectivity index (χ3v) is 6.32. The van der Waals surface area contributed by atoms with Gasteiger partial charge in [-0.2, -0.15) is 0 Å². The molecule has 0 unspecified atom stereocenters. The summed E-state index contributed by atoms with van der Waals surface area (Å²) in [6.45, 7) is 7.39. The zero-order valence-corrected chi connectivity index (χ0v) is 13.7. The summed E-state index contributed by atoms with van der Waals surface area (Å²) < 4.78 is 0. The molecule has 0 heterocycles. The van der Waals surface area contributed by atoms with Crippen LogP contribution in [0, 0.1) is 10.8 Å². The van der Waals surface area contributed by atoms with Crippen LogP contribution in [-0.4, -0.2) is 17.8 Å². The first-order valence-corrected chi connectivity index (χ1v) is 8.54. The van der Waals surface area contributed by atoms with E-state index in [4.69, 9.17) is 0 Å². The lowest BCUT2D eigenvalue weighted by molar-refractivity contribution is -0.131. The monoisotopic (exact) mass is 317 g/mol. The van der Waals surface area contributed by atoms with Gasteiger partial charge in [0.15, 0.2) is 0 Å². The zero-order valence-electron chi connectivity index (χ0n) is 12.2. The third-order valence-electron chi connectivity index (χ3n) is 5.13. The van der Waals surface area contributed by atoms with Gasteiger partial charge in [0.05, 0.1) is 0 Å². The summed E-state index contributed by atoms with van der Waals surface area (Å²) in [6, 6.07) is 0. The van der Waals surface area contributed by atoms with Crippen LogP contribution >= 0.6 is 15.9 Å². The molecule has 1 fully saturated rings. The lowest BCUT2D eigenvalue weighted by Crippen LogP contribution is -2.44. The summed E-state index contributed by atoms with van der Waals surface area (Å²) in [7, 11) is 0. The average Bonchev–Trinajstić information content (AvgIpc) is 2.91. The van der Waals surface area contributed by atoms with Gasteiger partial charge >= 0.3 is 0 Å². The first-order valence-electron chi connectivity index (χ1n) is 7.42. The number of rotatable bonds is 7. The second-order valence-electron chi connectivity index (χ2n) is 5.86. The van der Waals surface area contributed by atoms with E-state index in [1.807, 2.05) is 0 Å². The Kier molecular flexibility index (Phi) is 6.16. The molecule has 1 rings (SSSR count).